The predicted octanol–water partition coefficient (Wildman–Crippen LogP) is 3.67. The van der Waals surface area contributed by atoms with E-state index < -0.39 is 0 Å². The van der Waals surface area contributed by atoms with Crippen LogP contribution in [0.3, 0.4) is 0 Å². The summed E-state index contributed by atoms with van der Waals surface area (Å²) in [6.45, 7) is 11.1. The van der Waals surface area contributed by atoms with Crippen LogP contribution in [-0.2, 0) is 0 Å². The molecule has 1 saturated heterocycles. The summed E-state index contributed by atoms with van der Waals surface area (Å²) in [5.74, 6) is 1.77. The largest absolute Gasteiger partial charge is 0.314 e. The molecule has 1 N–H and O–H groups in total. The van der Waals surface area contributed by atoms with Gasteiger partial charge >= 0.3 is 0 Å². The summed E-state index contributed by atoms with van der Waals surface area (Å²) in [5, 5.41) is 3.83. The fourth-order valence-corrected chi connectivity index (χ4v) is 3.93. The van der Waals surface area contributed by atoms with Crippen molar-refractivity contribution in [2.45, 2.75) is 77.8 Å². The first-order valence-electron chi connectivity index (χ1n) is 8.66. The number of piperidine rings is 1. The van der Waals surface area contributed by atoms with E-state index in [1.54, 1.807) is 0 Å². The number of nitrogens with zero attached hydrogens (tertiary/aromatic N) is 1. The first-order valence-corrected chi connectivity index (χ1v) is 8.66. The zero-order chi connectivity index (χ0) is 13.7. The van der Waals surface area contributed by atoms with Crippen LogP contribution in [0.4, 0.5) is 0 Å². The molecule has 0 aromatic carbocycles. The van der Waals surface area contributed by atoms with Gasteiger partial charge in [0, 0.05) is 12.1 Å². The Morgan fingerprint density at radius 1 is 1.00 bits per heavy atom. The average molecular weight is 266 g/mol. The molecule has 2 heteroatoms. The number of rotatable bonds is 5. The molecule has 112 valence electrons. The fourth-order valence-electron chi connectivity index (χ4n) is 3.93. The van der Waals surface area contributed by atoms with Gasteiger partial charge in [0.05, 0.1) is 0 Å². The van der Waals surface area contributed by atoms with Crippen LogP contribution in [0.5, 0.6) is 0 Å². The van der Waals surface area contributed by atoms with Crippen LogP contribution in [0.15, 0.2) is 0 Å². The number of hydrogen-bond acceptors (Lipinski definition) is 2. The van der Waals surface area contributed by atoms with Gasteiger partial charge in [-0.2, -0.15) is 0 Å². The lowest BCUT2D eigenvalue weighted by Crippen LogP contribution is -2.43. The Hall–Kier alpha value is -0.0800. The van der Waals surface area contributed by atoms with E-state index in [1.165, 1.54) is 64.6 Å². The van der Waals surface area contributed by atoms with Gasteiger partial charge < -0.3 is 10.2 Å². The summed E-state index contributed by atoms with van der Waals surface area (Å²) >= 11 is 0. The van der Waals surface area contributed by atoms with E-state index >= 15 is 0 Å². The molecule has 19 heavy (non-hydrogen) atoms. The first kappa shape index (κ1) is 15.3. The molecule has 0 aromatic heterocycles. The molecular formula is C17H34N2. The normalized spacial score (nSPS) is 37.4. The van der Waals surface area contributed by atoms with Crippen molar-refractivity contribution in [2.75, 3.05) is 19.6 Å². The Kier molecular flexibility index (Phi) is 6.15. The predicted molar refractivity (Wildman–Crippen MR) is 83.5 cm³/mol. The van der Waals surface area contributed by atoms with Gasteiger partial charge in [0.15, 0.2) is 0 Å². The van der Waals surface area contributed by atoms with Gasteiger partial charge in [-0.1, -0.05) is 33.1 Å². The molecule has 2 rings (SSSR count). The molecule has 2 aliphatic rings. The van der Waals surface area contributed by atoms with E-state index in [9.17, 15) is 0 Å². The molecule has 0 amide bonds. The monoisotopic (exact) mass is 266 g/mol. The molecule has 1 heterocycles. The molecule has 0 aromatic rings. The molecule has 0 radical (unpaired) electrons. The summed E-state index contributed by atoms with van der Waals surface area (Å²) in [6, 6.07) is 1.60. The van der Waals surface area contributed by atoms with E-state index in [-0.39, 0.29) is 0 Å². The Balaban J connectivity index is 1.61. The van der Waals surface area contributed by atoms with E-state index in [2.05, 4.69) is 31.0 Å². The van der Waals surface area contributed by atoms with Gasteiger partial charge in [0.1, 0.15) is 0 Å². The highest BCUT2D eigenvalue weighted by Gasteiger charge is 2.26. The van der Waals surface area contributed by atoms with Crippen molar-refractivity contribution in [3.63, 3.8) is 0 Å². The SMILES string of the molecule is CC1CCCC(NCCCN2CCCCC2C)C1C. The quantitative estimate of drug-likeness (QED) is 0.764. The van der Waals surface area contributed by atoms with Crippen molar-refractivity contribution in [2.24, 2.45) is 11.8 Å². The number of likely N-dealkylation sites (tertiary alicyclic amines) is 1. The van der Waals surface area contributed by atoms with E-state index in [1.807, 2.05) is 0 Å². The Morgan fingerprint density at radius 2 is 1.84 bits per heavy atom. The molecule has 2 fully saturated rings. The van der Waals surface area contributed by atoms with Crippen LogP contribution in [0, 0.1) is 11.8 Å². The minimum Gasteiger partial charge on any atom is -0.314 e. The second-order valence-corrected chi connectivity index (χ2v) is 7.06. The van der Waals surface area contributed by atoms with Crippen molar-refractivity contribution in [3.05, 3.63) is 0 Å². The Bertz CT molecular complexity index is 254. The minimum absolute atomic E-state index is 0.780. The van der Waals surface area contributed by atoms with Gasteiger partial charge in [0.25, 0.3) is 0 Å². The highest BCUT2D eigenvalue weighted by molar-refractivity contribution is 4.82. The van der Waals surface area contributed by atoms with Crippen LogP contribution in [0.25, 0.3) is 0 Å². The van der Waals surface area contributed by atoms with Crippen LogP contribution in [0.2, 0.25) is 0 Å². The van der Waals surface area contributed by atoms with Crippen LogP contribution < -0.4 is 5.32 Å². The standard InChI is InChI=1S/C17H34N2/c1-14-8-6-10-17(16(14)3)18-11-7-13-19-12-5-4-9-15(19)2/h14-18H,4-13H2,1-3H3. The van der Waals surface area contributed by atoms with Gasteiger partial charge in [-0.05, 0) is 64.1 Å². The number of nitrogens with one attached hydrogen (secondary N) is 1. The minimum atomic E-state index is 0.780. The molecule has 0 spiro atoms. The maximum atomic E-state index is 3.83. The van der Waals surface area contributed by atoms with Crippen molar-refractivity contribution >= 4 is 0 Å². The molecular weight excluding hydrogens is 232 g/mol. The molecule has 1 aliphatic heterocycles. The fraction of sp³-hybridized carbons (Fsp3) is 1.00. The Morgan fingerprint density at radius 3 is 2.63 bits per heavy atom. The van der Waals surface area contributed by atoms with Gasteiger partial charge in [-0.3, -0.25) is 0 Å². The van der Waals surface area contributed by atoms with Crippen LogP contribution in [-0.4, -0.2) is 36.6 Å². The third-order valence-corrected chi connectivity index (χ3v) is 5.68. The summed E-state index contributed by atoms with van der Waals surface area (Å²) in [7, 11) is 0. The zero-order valence-electron chi connectivity index (χ0n) is 13.3. The van der Waals surface area contributed by atoms with E-state index in [0.717, 1.165) is 23.9 Å². The van der Waals surface area contributed by atoms with Crippen molar-refractivity contribution in [1.29, 1.82) is 0 Å². The highest BCUT2D eigenvalue weighted by Crippen LogP contribution is 2.29. The van der Waals surface area contributed by atoms with Gasteiger partial charge in [-0.15, -0.1) is 0 Å². The molecule has 4 atom stereocenters. The smallest absolute Gasteiger partial charge is 0.00952 e. The van der Waals surface area contributed by atoms with Crippen LogP contribution >= 0.6 is 0 Å². The lowest BCUT2D eigenvalue weighted by molar-refractivity contribution is 0.155. The van der Waals surface area contributed by atoms with E-state index in [0.29, 0.717) is 0 Å². The third kappa shape index (κ3) is 4.46. The topological polar surface area (TPSA) is 15.3 Å². The zero-order valence-corrected chi connectivity index (χ0v) is 13.3. The molecule has 4 unspecified atom stereocenters. The van der Waals surface area contributed by atoms with Crippen molar-refractivity contribution in [3.8, 4) is 0 Å². The van der Waals surface area contributed by atoms with Crippen LogP contribution in [0.1, 0.15) is 65.7 Å². The first-order chi connectivity index (χ1) is 9.18. The summed E-state index contributed by atoms with van der Waals surface area (Å²) in [5.41, 5.74) is 0. The lowest BCUT2D eigenvalue weighted by atomic mass is 9.78. The van der Waals surface area contributed by atoms with Crippen molar-refractivity contribution < 1.29 is 0 Å². The molecule has 1 aliphatic carbocycles. The second kappa shape index (κ2) is 7.64. The molecule has 1 saturated carbocycles. The second-order valence-electron chi connectivity index (χ2n) is 7.06. The highest BCUT2D eigenvalue weighted by atomic mass is 15.2. The van der Waals surface area contributed by atoms with Gasteiger partial charge in [-0.25, -0.2) is 0 Å². The maximum absolute atomic E-state index is 3.83. The molecule has 0 bridgehead atoms. The number of hydrogen-bond donors (Lipinski definition) is 1. The third-order valence-electron chi connectivity index (χ3n) is 5.68. The summed E-state index contributed by atoms with van der Waals surface area (Å²) < 4.78 is 0. The molecule has 2 nitrogen and oxygen atoms in total. The maximum Gasteiger partial charge on any atom is 0.00952 e. The average Bonchev–Trinajstić information content (AvgIpc) is 2.41. The lowest BCUT2D eigenvalue weighted by Gasteiger charge is -2.36. The van der Waals surface area contributed by atoms with Gasteiger partial charge in [0.2, 0.25) is 0 Å². The summed E-state index contributed by atoms with van der Waals surface area (Å²) in [4.78, 5) is 2.69. The van der Waals surface area contributed by atoms with E-state index in [4.69, 9.17) is 0 Å². The summed E-state index contributed by atoms with van der Waals surface area (Å²) in [6.07, 6.45) is 9.83. The van der Waals surface area contributed by atoms with Crippen molar-refractivity contribution in [1.82, 2.24) is 10.2 Å². The Labute approximate surface area is 120 Å².